The molecule has 0 heterocycles. The van der Waals surface area contributed by atoms with Crippen molar-refractivity contribution < 1.29 is 14.4 Å². The van der Waals surface area contributed by atoms with Crippen molar-refractivity contribution in [3.8, 4) is 11.1 Å². The van der Waals surface area contributed by atoms with Crippen molar-refractivity contribution in [1.82, 2.24) is 5.32 Å². The van der Waals surface area contributed by atoms with Gasteiger partial charge in [-0.15, -0.1) is 11.8 Å². The molecule has 0 spiro atoms. The maximum atomic E-state index is 13.5. The van der Waals surface area contributed by atoms with Crippen LogP contribution in [0.5, 0.6) is 0 Å². The fourth-order valence-electron chi connectivity index (χ4n) is 5.28. The number of amides is 2. The van der Waals surface area contributed by atoms with Crippen molar-refractivity contribution in [3.63, 3.8) is 0 Å². The third kappa shape index (κ3) is 6.72. The van der Waals surface area contributed by atoms with Gasteiger partial charge in [0.25, 0.3) is 11.8 Å². The number of fused-ring (bicyclic) bond motifs is 3. The Hall–Kier alpha value is -5.20. The summed E-state index contributed by atoms with van der Waals surface area (Å²) in [6.07, 6.45) is 2.50. The summed E-state index contributed by atoms with van der Waals surface area (Å²) in [5.74, 6) is -0.504. The lowest BCUT2D eigenvalue weighted by Crippen LogP contribution is -2.30. The number of Topliss-reactive ketones (excluding diaryl/α,β-unsaturated/α-hetero) is 1. The summed E-state index contributed by atoms with van der Waals surface area (Å²) < 4.78 is 0. The normalized spacial score (nSPS) is 11.8. The van der Waals surface area contributed by atoms with Gasteiger partial charge >= 0.3 is 0 Å². The van der Waals surface area contributed by atoms with Crippen LogP contribution < -0.4 is 10.6 Å². The molecule has 5 aromatic carbocycles. The van der Waals surface area contributed by atoms with Crippen LogP contribution in [0.3, 0.4) is 0 Å². The molecule has 0 unspecified atom stereocenters. The second kappa shape index (κ2) is 13.0. The molecule has 6 rings (SSSR count). The molecular formula is C38H30N2O3S. The highest BCUT2D eigenvalue weighted by atomic mass is 32.2. The van der Waals surface area contributed by atoms with Gasteiger partial charge in [-0.2, -0.15) is 0 Å². The molecule has 0 aliphatic heterocycles. The SMILES string of the molecule is Cc1cccc(/C=C(\NC(=O)c2ccccc2)C(=O)Nc2cccc(SCC(=O)c3ccc4c(c3)Cc3ccccc3-4)c2)c1. The van der Waals surface area contributed by atoms with Crippen molar-refractivity contribution in [2.45, 2.75) is 18.2 Å². The van der Waals surface area contributed by atoms with Crippen molar-refractivity contribution in [1.29, 1.82) is 0 Å². The van der Waals surface area contributed by atoms with E-state index in [9.17, 15) is 14.4 Å². The van der Waals surface area contributed by atoms with Crippen LogP contribution in [0.15, 0.2) is 132 Å². The van der Waals surface area contributed by atoms with Crippen LogP contribution in [0.2, 0.25) is 0 Å². The van der Waals surface area contributed by atoms with Crippen LogP contribution in [0.1, 0.15) is 43.0 Å². The first kappa shape index (κ1) is 28.9. The summed E-state index contributed by atoms with van der Waals surface area (Å²) in [7, 11) is 0. The molecule has 0 aromatic heterocycles. The molecule has 0 atom stereocenters. The predicted molar refractivity (Wildman–Crippen MR) is 178 cm³/mol. The van der Waals surface area contributed by atoms with E-state index in [1.54, 1.807) is 36.4 Å². The number of hydrogen-bond donors (Lipinski definition) is 2. The first-order chi connectivity index (χ1) is 21.4. The van der Waals surface area contributed by atoms with Gasteiger partial charge in [0.15, 0.2) is 5.78 Å². The maximum absolute atomic E-state index is 13.5. The fraction of sp³-hybridized carbons (Fsp3) is 0.0789. The number of carbonyl (C=O) groups is 3. The third-order valence-corrected chi connectivity index (χ3v) is 8.45. The van der Waals surface area contributed by atoms with Crippen molar-refractivity contribution in [2.75, 3.05) is 11.1 Å². The van der Waals surface area contributed by atoms with E-state index in [0.29, 0.717) is 16.8 Å². The number of thioether (sulfide) groups is 1. The van der Waals surface area contributed by atoms with E-state index in [2.05, 4.69) is 22.8 Å². The summed E-state index contributed by atoms with van der Waals surface area (Å²) in [6, 6.07) is 38.1. The predicted octanol–water partition coefficient (Wildman–Crippen LogP) is 7.95. The minimum Gasteiger partial charge on any atom is -0.321 e. The average Bonchev–Trinajstić information content (AvgIpc) is 3.42. The number of anilines is 1. The Balaban J connectivity index is 1.14. The molecule has 0 saturated heterocycles. The Kier molecular flexibility index (Phi) is 8.52. The number of rotatable bonds is 9. The number of hydrogen-bond acceptors (Lipinski definition) is 4. The van der Waals surface area contributed by atoms with E-state index in [-0.39, 0.29) is 23.1 Å². The summed E-state index contributed by atoms with van der Waals surface area (Å²) in [5, 5.41) is 5.69. The van der Waals surface area contributed by atoms with E-state index in [4.69, 9.17) is 0 Å². The van der Waals surface area contributed by atoms with E-state index < -0.39 is 5.91 Å². The number of carbonyl (C=O) groups excluding carboxylic acids is 3. The molecule has 0 radical (unpaired) electrons. The smallest absolute Gasteiger partial charge is 0.272 e. The van der Waals surface area contributed by atoms with Crippen LogP contribution in [0.4, 0.5) is 5.69 Å². The number of aryl methyl sites for hydroxylation is 1. The van der Waals surface area contributed by atoms with Crippen LogP contribution in [-0.4, -0.2) is 23.4 Å². The second-order valence-corrected chi connectivity index (χ2v) is 11.7. The number of benzene rings is 5. The summed E-state index contributed by atoms with van der Waals surface area (Å²) in [6.45, 7) is 1.97. The molecule has 5 aromatic rings. The van der Waals surface area contributed by atoms with Gasteiger partial charge in [0.2, 0.25) is 0 Å². The second-order valence-electron chi connectivity index (χ2n) is 10.7. The van der Waals surface area contributed by atoms with Gasteiger partial charge in [-0.25, -0.2) is 0 Å². The molecule has 2 amide bonds. The highest BCUT2D eigenvalue weighted by Gasteiger charge is 2.20. The Bertz CT molecular complexity index is 1910. The standard InChI is InChI=1S/C38H30N2O3S/c1-25-9-7-10-26(19-25)20-35(40-37(42)27-11-3-2-4-12-27)38(43)39-31-14-8-15-32(23-31)44-24-36(41)29-17-18-34-30(22-29)21-28-13-5-6-16-33(28)34/h2-20,22-23H,21,24H2,1H3,(H,39,43)(H,40,42)/b35-20-. The molecule has 216 valence electrons. The zero-order valence-corrected chi connectivity index (χ0v) is 25.0. The lowest BCUT2D eigenvalue weighted by atomic mass is 10.0. The minimum atomic E-state index is -0.451. The van der Waals surface area contributed by atoms with E-state index >= 15 is 0 Å². The Morgan fingerprint density at radius 2 is 1.50 bits per heavy atom. The molecule has 0 fully saturated rings. The monoisotopic (exact) mass is 594 g/mol. The summed E-state index contributed by atoms with van der Waals surface area (Å²) in [4.78, 5) is 40.4. The first-order valence-electron chi connectivity index (χ1n) is 14.4. The zero-order chi connectivity index (χ0) is 30.5. The quantitative estimate of drug-likeness (QED) is 0.101. The fourth-order valence-corrected chi connectivity index (χ4v) is 6.13. The Labute approximate surface area is 261 Å². The minimum absolute atomic E-state index is 0.0511. The van der Waals surface area contributed by atoms with Gasteiger partial charge in [0, 0.05) is 21.7 Å². The van der Waals surface area contributed by atoms with Crippen LogP contribution >= 0.6 is 11.8 Å². The zero-order valence-electron chi connectivity index (χ0n) is 24.2. The lowest BCUT2D eigenvalue weighted by Gasteiger charge is -2.12. The van der Waals surface area contributed by atoms with Gasteiger partial charge < -0.3 is 10.6 Å². The van der Waals surface area contributed by atoms with E-state index in [1.165, 1.54) is 34.0 Å². The van der Waals surface area contributed by atoms with Crippen molar-refractivity contribution in [3.05, 3.63) is 160 Å². The van der Waals surface area contributed by atoms with E-state index in [0.717, 1.165) is 22.4 Å². The van der Waals surface area contributed by atoms with Gasteiger partial charge in [-0.3, -0.25) is 14.4 Å². The Morgan fingerprint density at radius 3 is 2.34 bits per heavy atom. The number of nitrogens with one attached hydrogen (secondary N) is 2. The Morgan fingerprint density at radius 1 is 0.727 bits per heavy atom. The third-order valence-electron chi connectivity index (χ3n) is 7.46. The molecule has 1 aliphatic rings. The van der Waals surface area contributed by atoms with Crippen LogP contribution in [0.25, 0.3) is 17.2 Å². The van der Waals surface area contributed by atoms with Gasteiger partial charge in [0.1, 0.15) is 5.70 Å². The molecule has 6 heteroatoms. The van der Waals surface area contributed by atoms with Crippen molar-refractivity contribution in [2.24, 2.45) is 0 Å². The van der Waals surface area contributed by atoms with Gasteiger partial charge in [0.05, 0.1) is 5.75 Å². The summed E-state index contributed by atoms with van der Waals surface area (Å²) >= 11 is 1.42. The van der Waals surface area contributed by atoms with Crippen LogP contribution in [-0.2, 0) is 11.2 Å². The maximum Gasteiger partial charge on any atom is 0.272 e. The highest BCUT2D eigenvalue weighted by molar-refractivity contribution is 8.00. The van der Waals surface area contributed by atoms with Crippen molar-refractivity contribution >= 4 is 41.1 Å². The molecule has 44 heavy (non-hydrogen) atoms. The molecule has 5 nitrogen and oxygen atoms in total. The molecule has 0 bridgehead atoms. The topological polar surface area (TPSA) is 75.3 Å². The summed E-state index contributed by atoms with van der Waals surface area (Å²) in [5.41, 5.74) is 8.58. The largest absolute Gasteiger partial charge is 0.321 e. The molecular weight excluding hydrogens is 564 g/mol. The molecule has 0 saturated carbocycles. The van der Waals surface area contributed by atoms with Gasteiger partial charge in [-0.05, 0) is 83.6 Å². The lowest BCUT2D eigenvalue weighted by molar-refractivity contribution is -0.113. The first-order valence-corrected chi connectivity index (χ1v) is 15.3. The van der Waals surface area contributed by atoms with Crippen LogP contribution in [0, 0.1) is 6.92 Å². The molecule has 1 aliphatic carbocycles. The van der Waals surface area contributed by atoms with E-state index in [1.807, 2.05) is 85.8 Å². The average molecular weight is 595 g/mol. The highest BCUT2D eigenvalue weighted by Crippen LogP contribution is 2.37. The van der Waals surface area contributed by atoms with Gasteiger partial charge in [-0.1, -0.05) is 90.5 Å². The number of ketones is 1. The molecule has 2 N–H and O–H groups in total.